The van der Waals surface area contributed by atoms with E-state index in [1.54, 1.807) is 12.1 Å². The van der Waals surface area contributed by atoms with Crippen LogP contribution in [-0.2, 0) is 0 Å². The number of benzene rings is 1. The molecule has 0 aromatic heterocycles. The largest absolute Gasteiger partial charge is 0.478 e. The molecule has 0 amide bonds. The van der Waals surface area contributed by atoms with Gasteiger partial charge in [-0.25, -0.2) is 4.79 Å². The van der Waals surface area contributed by atoms with Gasteiger partial charge in [0.05, 0.1) is 16.7 Å². The van der Waals surface area contributed by atoms with Crippen molar-refractivity contribution in [1.29, 1.82) is 0 Å². The van der Waals surface area contributed by atoms with Crippen LogP contribution in [0.25, 0.3) is 0 Å². The van der Waals surface area contributed by atoms with Crippen LogP contribution in [0.4, 0.5) is 5.69 Å². The first-order chi connectivity index (χ1) is 8.08. The van der Waals surface area contributed by atoms with E-state index in [1.807, 2.05) is 0 Å². The van der Waals surface area contributed by atoms with Crippen LogP contribution in [0.5, 0.6) is 0 Å². The number of hydrogen-bond donors (Lipinski definition) is 2. The first kappa shape index (κ1) is 12.2. The molecule has 0 unspecified atom stereocenters. The zero-order chi connectivity index (χ0) is 12.4. The molecule has 1 aromatic carbocycles. The van der Waals surface area contributed by atoms with Crippen molar-refractivity contribution in [2.75, 3.05) is 18.0 Å². The molecule has 0 radical (unpaired) electrons. The Bertz CT molecular complexity index is 428. The van der Waals surface area contributed by atoms with Gasteiger partial charge in [0.15, 0.2) is 0 Å². The Balaban J connectivity index is 2.17. The van der Waals surface area contributed by atoms with Crippen molar-refractivity contribution in [1.82, 2.24) is 0 Å². The Kier molecular flexibility index (Phi) is 3.54. The third-order valence-electron chi connectivity index (χ3n) is 3.01. The van der Waals surface area contributed by atoms with Crippen molar-refractivity contribution >= 4 is 23.3 Å². The highest BCUT2D eigenvalue weighted by molar-refractivity contribution is 6.33. The van der Waals surface area contributed by atoms with Crippen LogP contribution in [0.3, 0.4) is 0 Å². The van der Waals surface area contributed by atoms with Gasteiger partial charge in [0.2, 0.25) is 0 Å². The Labute approximate surface area is 104 Å². The molecule has 1 fully saturated rings. The predicted molar refractivity (Wildman–Crippen MR) is 65.9 cm³/mol. The molecule has 0 atom stereocenters. The van der Waals surface area contributed by atoms with Crippen LogP contribution in [0, 0.1) is 0 Å². The molecule has 0 bridgehead atoms. The van der Waals surface area contributed by atoms with Gasteiger partial charge < -0.3 is 15.1 Å². The minimum absolute atomic E-state index is 0.118. The van der Waals surface area contributed by atoms with Gasteiger partial charge in [-0.15, -0.1) is 0 Å². The molecular weight excluding hydrogens is 242 g/mol. The van der Waals surface area contributed by atoms with E-state index in [0.29, 0.717) is 0 Å². The molecule has 2 rings (SSSR count). The van der Waals surface area contributed by atoms with Gasteiger partial charge in [-0.1, -0.05) is 11.6 Å². The van der Waals surface area contributed by atoms with Gasteiger partial charge in [-0.05, 0) is 31.0 Å². The van der Waals surface area contributed by atoms with Crippen LogP contribution in [0.1, 0.15) is 23.2 Å². The second kappa shape index (κ2) is 4.94. The molecule has 92 valence electrons. The first-order valence-electron chi connectivity index (χ1n) is 5.54. The van der Waals surface area contributed by atoms with Gasteiger partial charge in [0.1, 0.15) is 0 Å². The number of hydrogen-bond acceptors (Lipinski definition) is 3. The molecule has 17 heavy (non-hydrogen) atoms. The van der Waals surface area contributed by atoms with E-state index in [9.17, 15) is 9.90 Å². The fourth-order valence-electron chi connectivity index (χ4n) is 2.00. The van der Waals surface area contributed by atoms with E-state index in [4.69, 9.17) is 16.7 Å². The predicted octanol–water partition coefficient (Wildman–Crippen LogP) is 2.00. The Morgan fingerprint density at radius 3 is 2.53 bits per heavy atom. The number of rotatable bonds is 2. The maximum absolute atomic E-state index is 10.8. The van der Waals surface area contributed by atoms with Crippen LogP contribution in [0.2, 0.25) is 5.02 Å². The zero-order valence-electron chi connectivity index (χ0n) is 9.27. The number of nitrogens with zero attached hydrogens (tertiary/aromatic N) is 1. The number of aliphatic hydroxyl groups excluding tert-OH is 1. The number of carboxylic acids is 1. The van der Waals surface area contributed by atoms with Crippen molar-refractivity contribution < 1.29 is 15.0 Å². The molecular formula is C12H14ClNO3. The van der Waals surface area contributed by atoms with E-state index in [0.717, 1.165) is 31.6 Å². The lowest BCUT2D eigenvalue weighted by atomic mass is 10.1. The van der Waals surface area contributed by atoms with Crippen LogP contribution in [-0.4, -0.2) is 35.4 Å². The lowest BCUT2D eigenvalue weighted by Crippen LogP contribution is -2.35. The molecule has 1 saturated heterocycles. The highest BCUT2D eigenvalue weighted by Crippen LogP contribution is 2.26. The second-order valence-corrected chi connectivity index (χ2v) is 4.59. The van der Waals surface area contributed by atoms with Crippen molar-refractivity contribution in [3.8, 4) is 0 Å². The smallest absolute Gasteiger partial charge is 0.337 e. The summed E-state index contributed by atoms with van der Waals surface area (Å²) in [6, 6.07) is 4.95. The topological polar surface area (TPSA) is 60.8 Å². The highest BCUT2D eigenvalue weighted by Gasteiger charge is 2.18. The van der Waals surface area contributed by atoms with Gasteiger partial charge in [0.25, 0.3) is 0 Å². The Morgan fingerprint density at radius 1 is 1.35 bits per heavy atom. The van der Waals surface area contributed by atoms with E-state index >= 15 is 0 Å². The summed E-state index contributed by atoms with van der Waals surface area (Å²) in [6.07, 6.45) is 1.25. The SMILES string of the molecule is O=C(O)c1ccc(N2CCC(O)CC2)cc1Cl. The lowest BCUT2D eigenvalue weighted by molar-refractivity contribution is 0.0697. The maximum atomic E-state index is 10.8. The normalized spacial score (nSPS) is 17.2. The summed E-state index contributed by atoms with van der Waals surface area (Å²) in [5, 5.41) is 18.5. The van der Waals surface area contributed by atoms with E-state index < -0.39 is 5.97 Å². The molecule has 0 saturated carbocycles. The van der Waals surface area contributed by atoms with Gasteiger partial charge >= 0.3 is 5.97 Å². The second-order valence-electron chi connectivity index (χ2n) is 4.19. The Hall–Kier alpha value is -1.26. The summed E-state index contributed by atoms with van der Waals surface area (Å²) in [7, 11) is 0. The number of aromatic carboxylic acids is 1. The van der Waals surface area contributed by atoms with Crippen LogP contribution >= 0.6 is 11.6 Å². The molecule has 1 aliphatic heterocycles. The van der Waals surface area contributed by atoms with Crippen molar-refractivity contribution in [2.24, 2.45) is 0 Å². The minimum atomic E-state index is -1.02. The fourth-order valence-corrected chi connectivity index (χ4v) is 2.25. The average molecular weight is 256 g/mol. The van der Waals surface area contributed by atoms with Gasteiger partial charge in [0, 0.05) is 18.8 Å². The standard InChI is InChI=1S/C12H14ClNO3/c13-11-7-8(1-2-10(11)12(16)17)14-5-3-9(15)4-6-14/h1-2,7,9,15H,3-6H2,(H,16,17). The van der Waals surface area contributed by atoms with Gasteiger partial charge in [-0.2, -0.15) is 0 Å². The van der Waals surface area contributed by atoms with Crippen molar-refractivity contribution in [3.05, 3.63) is 28.8 Å². The molecule has 2 N–H and O–H groups in total. The van der Waals surface area contributed by atoms with Crippen LogP contribution in [0.15, 0.2) is 18.2 Å². The molecule has 1 aliphatic rings. The minimum Gasteiger partial charge on any atom is -0.478 e. The zero-order valence-corrected chi connectivity index (χ0v) is 10.0. The summed E-state index contributed by atoms with van der Waals surface area (Å²) in [4.78, 5) is 12.9. The van der Waals surface area contributed by atoms with E-state index in [2.05, 4.69) is 4.90 Å². The lowest BCUT2D eigenvalue weighted by Gasteiger charge is -2.31. The molecule has 5 heteroatoms. The molecule has 1 heterocycles. The number of carboxylic acid groups (broad SMARTS) is 1. The van der Waals surface area contributed by atoms with E-state index in [-0.39, 0.29) is 16.7 Å². The highest BCUT2D eigenvalue weighted by atomic mass is 35.5. The first-order valence-corrected chi connectivity index (χ1v) is 5.91. The maximum Gasteiger partial charge on any atom is 0.337 e. The average Bonchev–Trinajstić information content (AvgIpc) is 2.29. The molecule has 0 spiro atoms. The summed E-state index contributed by atoms with van der Waals surface area (Å²) in [5.74, 6) is -1.02. The summed E-state index contributed by atoms with van der Waals surface area (Å²) in [6.45, 7) is 1.54. The fraction of sp³-hybridized carbons (Fsp3) is 0.417. The van der Waals surface area contributed by atoms with Crippen LogP contribution < -0.4 is 4.90 Å². The Morgan fingerprint density at radius 2 is 2.00 bits per heavy atom. The van der Waals surface area contributed by atoms with E-state index in [1.165, 1.54) is 6.07 Å². The quantitative estimate of drug-likeness (QED) is 0.849. The number of halogens is 1. The summed E-state index contributed by atoms with van der Waals surface area (Å²) >= 11 is 5.92. The third kappa shape index (κ3) is 2.70. The summed E-state index contributed by atoms with van der Waals surface area (Å²) < 4.78 is 0. The number of carbonyl (C=O) groups is 1. The number of anilines is 1. The molecule has 0 aliphatic carbocycles. The number of aliphatic hydroxyl groups is 1. The summed E-state index contributed by atoms with van der Waals surface area (Å²) in [5.41, 5.74) is 1.03. The van der Waals surface area contributed by atoms with Crippen molar-refractivity contribution in [3.63, 3.8) is 0 Å². The van der Waals surface area contributed by atoms with Crippen molar-refractivity contribution in [2.45, 2.75) is 18.9 Å². The van der Waals surface area contributed by atoms with Gasteiger partial charge in [-0.3, -0.25) is 0 Å². The monoisotopic (exact) mass is 255 g/mol. The molecule has 4 nitrogen and oxygen atoms in total. The number of piperidine rings is 1. The molecule has 1 aromatic rings. The third-order valence-corrected chi connectivity index (χ3v) is 3.33.